The van der Waals surface area contributed by atoms with Crippen molar-refractivity contribution < 1.29 is 14.7 Å². The summed E-state index contributed by atoms with van der Waals surface area (Å²) in [5.74, 6) is 0.147. The fourth-order valence-electron chi connectivity index (χ4n) is 3.17. The van der Waals surface area contributed by atoms with Crippen molar-refractivity contribution in [2.75, 3.05) is 11.1 Å². The van der Waals surface area contributed by atoms with Gasteiger partial charge < -0.3 is 10.4 Å². The van der Waals surface area contributed by atoms with E-state index in [-0.39, 0.29) is 11.5 Å². The van der Waals surface area contributed by atoms with Gasteiger partial charge in [-0.05, 0) is 61.0 Å². The molecule has 0 saturated carbocycles. The Labute approximate surface area is 223 Å². The number of aliphatic carboxylic acids is 1. The minimum atomic E-state index is -0.833. The van der Waals surface area contributed by atoms with Crippen molar-refractivity contribution >= 4 is 52.4 Å². The number of nitrogens with one attached hydrogen (secondary N) is 1. The van der Waals surface area contributed by atoms with Gasteiger partial charge in [0.15, 0.2) is 16.8 Å². The second-order valence-electron chi connectivity index (χ2n) is 7.57. The molecule has 7 nitrogen and oxygen atoms in total. The average Bonchev–Trinajstić information content (AvgIpc) is 3.27. The number of benzene rings is 3. The zero-order chi connectivity index (χ0) is 26.1. The number of rotatable bonds is 8. The molecule has 0 aliphatic carbocycles. The van der Waals surface area contributed by atoms with E-state index in [0.29, 0.717) is 27.3 Å². The van der Waals surface area contributed by atoms with Gasteiger partial charge in [-0.25, -0.2) is 0 Å². The van der Waals surface area contributed by atoms with Crippen LogP contribution in [0.5, 0.6) is 0 Å². The molecule has 1 aromatic heterocycles. The number of thioether (sulfide) groups is 1. The molecule has 1 heterocycles. The number of ketones is 1. The van der Waals surface area contributed by atoms with Gasteiger partial charge in [-0.1, -0.05) is 59.2 Å². The van der Waals surface area contributed by atoms with Gasteiger partial charge in [0.2, 0.25) is 0 Å². The minimum Gasteiger partial charge on any atom is -0.481 e. The van der Waals surface area contributed by atoms with Gasteiger partial charge in [-0.15, -0.1) is 10.2 Å². The van der Waals surface area contributed by atoms with Crippen molar-refractivity contribution in [1.82, 2.24) is 14.8 Å². The molecule has 2 N–H and O–H groups in total. The number of hydrogen-bond acceptors (Lipinski definition) is 6. The Morgan fingerprint density at radius 2 is 1.64 bits per heavy atom. The maximum Gasteiger partial charge on any atom is 0.300 e. The summed E-state index contributed by atoms with van der Waals surface area (Å²) < 4.78 is 1.96. The molecule has 0 amide bonds. The Morgan fingerprint density at radius 3 is 2.31 bits per heavy atom. The Bertz CT molecular complexity index is 1330. The second-order valence-corrected chi connectivity index (χ2v) is 9.36. The molecule has 0 radical (unpaired) electrons. The first kappa shape index (κ1) is 27.3. The topological polar surface area (TPSA) is 97.1 Å². The molecule has 0 aliphatic heterocycles. The monoisotopic (exact) mass is 542 g/mol. The number of carboxylic acid groups (broad SMARTS) is 1. The number of para-hydroxylation sites is 1. The Hall–Kier alpha value is -3.33. The normalized spacial score (nSPS) is 10.3. The van der Waals surface area contributed by atoms with E-state index in [1.807, 2.05) is 60.0 Å². The summed E-state index contributed by atoms with van der Waals surface area (Å²) in [6, 6.07) is 22.5. The van der Waals surface area contributed by atoms with E-state index in [0.717, 1.165) is 29.7 Å². The summed E-state index contributed by atoms with van der Waals surface area (Å²) >= 11 is 13.5. The maximum absolute atomic E-state index is 12.6. The van der Waals surface area contributed by atoms with E-state index >= 15 is 0 Å². The lowest BCUT2D eigenvalue weighted by molar-refractivity contribution is -0.134. The zero-order valence-corrected chi connectivity index (χ0v) is 21.9. The van der Waals surface area contributed by atoms with Gasteiger partial charge in [-0.2, -0.15) is 0 Å². The SMILES string of the molecule is CC(=O)O.Cc1c(Cl)cccc1NCc1nnc(SCC(=O)c2ccc(Cl)cc2)n1-c1ccccc1. The average molecular weight is 543 g/mol. The van der Waals surface area contributed by atoms with Crippen molar-refractivity contribution in [2.24, 2.45) is 0 Å². The van der Waals surface area contributed by atoms with Gasteiger partial charge >= 0.3 is 0 Å². The van der Waals surface area contributed by atoms with Crippen LogP contribution in [0.1, 0.15) is 28.7 Å². The van der Waals surface area contributed by atoms with Crippen molar-refractivity contribution in [2.45, 2.75) is 25.5 Å². The summed E-state index contributed by atoms with van der Waals surface area (Å²) in [7, 11) is 0. The van der Waals surface area contributed by atoms with Crippen molar-refractivity contribution in [3.8, 4) is 5.69 Å². The summed E-state index contributed by atoms with van der Waals surface area (Å²) in [4.78, 5) is 21.6. The highest BCUT2D eigenvalue weighted by Gasteiger charge is 2.17. The number of carbonyl (C=O) groups excluding carboxylic acids is 1. The van der Waals surface area contributed by atoms with Gasteiger partial charge in [0, 0.05) is 33.9 Å². The van der Waals surface area contributed by atoms with Crippen LogP contribution in [0.25, 0.3) is 5.69 Å². The maximum atomic E-state index is 12.6. The number of aromatic nitrogens is 3. The molecule has 0 aliphatic rings. The largest absolute Gasteiger partial charge is 0.481 e. The molecule has 0 spiro atoms. The molecular weight excluding hydrogens is 519 g/mol. The Kier molecular flexibility index (Phi) is 9.93. The molecule has 0 unspecified atom stereocenters. The summed E-state index contributed by atoms with van der Waals surface area (Å²) in [5.41, 5.74) is 3.46. The molecule has 0 fully saturated rings. The van der Waals surface area contributed by atoms with Gasteiger partial charge in [0.25, 0.3) is 5.97 Å². The molecule has 10 heteroatoms. The van der Waals surface area contributed by atoms with Crippen LogP contribution in [-0.4, -0.2) is 37.4 Å². The number of hydrogen-bond donors (Lipinski definition) is 2. The van der Waals surface area contributed by atoms with Crippen molar-refractivity contribution in [3.63, 3.8) is 0 Å². The van der Waals surface area contributed by atoms with Gasteiger partial charge in [0.1, 0.15) is 0 Å². The van der Waals surface area contributed by atoms with Gasteiger partial charge in [0.05, 0.1) is 12.3 Å². The third kappa shape index (κ3) is 7.58. The third-order valence-corrected chi connectivity index (χ3v) is 6.51. The molecule has 0 saturated heterocycles. The highest BCUT2D eigenvalue weighted by molar-refractivity contribution is 7.99. The minimum absolute atomic E-state index is 0.00325. The van der Waals surface area contributed by atoms with Crippen LogP contribution in [0, 0.1) is 6.92 Å². The number of anilines is 1. The first-order valence-corrected chi connectivity index (χ1v) is 12.6. The smallest absolute Gasteiger partial charge is 0.300 e. The van der Waals surface area contributed by atoms with Crippen LogP contribution in [0.3, 0.4) is 0 Å². The Morgan fingerprint density at radius 1 is 0.972 bits per heavy atom. The van der Waals surface area contributed by atoms with Gasteiger partial charge in [-0.3, -0.25) is 14.2 Å². The number of carbonyl (C=O) groups is 2. The van der Waals surface area contributed by atoms with Crippen molar-refractivity contribution in [3.05, 3.63) is 99.8 Å². The van der Waals surface area contributed by atoms with Crippen LogP contribution in [-0.2, 0) is 11.3 Å². The van der Waals surface area contributed by atoms with Crippen molar-refractivity contribution in [1.29, 1.82) is 0 Å². The highest BCUT2D eigenvalue weighted by atomic mass is 35.5. The molecule has 3 aromatic carbocycles. The summed E-state index contributed by atoms with van der Waals surface area (Å²) in [5, 5.41) is 21.5. The summed E-state index contributed by atoms with van der Waals surface area (Å²) in [6.45, 7) is 3.50. The number of halogens is 2. The number of Topliss-reactive ketones (excluding diaryl/α,β-unsaturated/α-hetero) is 1. The van der Waals surface area contributed by atoms with E-state index in [9.17, 15) is 4.79 Å². The lowest BCUT2D eigenvalue weighted by atomic mass is 10.1. The first-order chi connectivity index (χ1) is 17.3. The fraction of sp³-hybridized carbons (Fsp3) is 0.154. The Balaban J connectivity index is 0.000000840. The second kappa shape index (κ2) is 13.1. The lowest BCUT2D eigenvalue weighted by Gasteiger charge is -2.13. The van der Waals surface area contributed by atoms with E-state index < -0.39 is 5.97 Å². The van der Waals surface area contributed by atoms with E-state index in [2.05, 4.69) is 15.5 Å². The van der Waals surface area contributed by atoms with E-state index in [1.165, 1.54) is 11.8 Å². The zero-order valence-electron chi connectivity index (χ0n) is 19.6. The van der Waals surface area contributed by atoms with Crippen LogP contribution in [0.4, 0.5) is 5.69 Å². The molecule has 4 aromatic rings. The first-order valence-electron chi connectivity index (χ1n) is 10.9. The highest BCUT2D eigenvalue weighted by Crippen LogP contribution is 2.26. The predicted molar refractivity (Wildman–Crippen MR) is 145 cm³/mol. The van der Waals surface area contributed by atoms with E-state index in [4.69, 9.17) is 33.1 Å². The molecule has 4 rings (SSSR count). The third-order valence-electron chi connectivity index (χ3n) is 4.92. The molecule has 0 atom stereocenters. The predicted octanol–water partition coefficient (Wildman–Crippen LogP) is 6.56. The number of carboxylic acids is 1. The molecule has 186 valence electrons. The fourth-order valence-corrected chi connectivity index (χ4v) is 4.33. The van der Waals surface area contributed by atoms with Crippen LogP contribution < -0.4 is 5.32 Å². The number of nitrogens with zero attached hydrogens (tertiary/aromatic N) is 3. The molecular formula is C26H24Cl2N4O3S. The summed E-state index contributed by atoms with van der Waals surface area (Å²) in [6.07, 6.45) is 0. The quantitative estimate of drug-likeness (QED) is 0.192. The van der Waals surface area contributed by atoms with E-state index in [1.54, 1.807) is 24.3 Å². The molecule has 0 bridgehead atoms. The standard InChI is InChI=1S/C24H20Cl2N4OS.C2H4O2/c1-16-20(26)8-5-9-21(16)27-14-23-28-29-24(30(23)19-6-3-2-4-7-19)32-15-22(31)17-10-12-18(25)13-11-17;1-2(3)4/h2-13,27H,14-15H2,1H3;1H3,(H,3,4). The van der Waals surface area contributed by atoms with Crippen LogP contribution in [0.2, 0.25) is 10.0 Å². The lowest BCUT2D eigenvalue weighted by Crippen LogP contribution is -2.10. The molecule has 36 heavy (non-hydrogen) atoms. The van der Waals surface area contributed by atoms with Crippen LogP contribution in [0.15, 0.2) is 78.0 Å². The van der Waals surface area contributed by atoms with Crippen LogP contribution >= 0.6 is 35.0 Å².